The molecule has 19 heavy (non-hydrogen) atoms. The second-order valence-electron chi connectivity index (χ2n) is 4.41. The molecule has 0 atom stereocenters. The lowest BCUT2D eigenvalue weighted by molar-refractivity contribution is -0.117. The molecule has 2 rings (SSSR count). The number of hydrogen-bond acceptors (Lipinski definition) is 3. The van der Waals surface area contributed by atoms with Gasteiger partial charge in [0.1, 0.15) is 11.6 Å². The summed E-state index contributed by atoms with van der Waals surface area (Å²) in [7, 11) is 0. The van der Waals surface area contributed by atoms with Crippen LogP contribution in [-0.4, -0.2) is 41.9 Å². The summed E-state index contributed by atoms with van der Waals surface area (Å²) in [5, 5.41) is 2.48. The highest BCUT2D eigenvalue weighted by atomic mass is 32.2. The van der Waals surface area contributed by atoms with Gasteiger partial charge >= 0.3 is 0 Å². The third-order valence-electron chi connectivity index (χ3n) is 2.89. The highest BCUT2D eigenvalue weighted by Crippen LogP contribution is 2.15. The Labute approximate surface area is 115 Å². The van der Waals surface area contributed by atoms with Crippen molar-refractivity contribution in [3.63, 3.8) is 0 Å². The summed E-state index contributed by atoms with van der Waals surface area (Å²) in [6.45, 7) is 1.99. The molecule has 1 amide bonds. The molecule has 0 spiro atoms. The Bertz CT molecular complexity index is 448. The molecule has 0 aliphatic carbocycles. The molecule has 1 aromatic rings. The Morgan fingerprint density at radius 1 is 1.32 bits per heavy atom. The van der Waals surface area contributed by atoms with Gasteiger partial charge < -0.3 is 5.32 Å². The van der Waals surface area contributed by atoms with E-state index in [2.05, 4.69) is 10.2 Å². The first-order chi connectivity index (χ1) is 9.15. The molecule has 0 unspecified atom stereocenters. The van der Waals surface area contributed by atoms with Gasteiger partial charge in [-0.3, -0.25) is 9.69 Å². The van der Waals surface area contributed by atoms with Gasteiger partial charge in [0.2, 0.25) is 5.91 Å². The molecule has 1 aliphatic heterocycles. The van der Waals surface area contributed by atoms with Crippen LogP contribution < -0.4 is 5.32 Å². The second kappa shape index (κ2) is 6.86. The Balaban J connectivity index is 1.89. The molecule has 1 heterocycles. The van der Waals surface area contributed by atoms with Gasteiger partial charge in [-0.1, -0.05) is 0 Å². The van der Waals surface area contributed by atoms with E-state index in [1.54, 1.807) is 0 Å². The van der Waals surface area contributed by atoms with E-state index in [1.165, 1.54) is 6.07 Å². The van der Waals surface area contributed by atoms with Crippen LogP contribution in [0.4, 0.5) is 14.5 Å². The maximum Gasteiger partial charge on any atom is 0.238 e. The lowest BCUT2D eigenvalue weighted by atomic mass is 10.3. The van der Waals surface area contributed by atoms with Crippen molar-refractivity contribution in [1.29, 1.82) is 0 Å². The Morgan fingerprint density at radius 3 is 2.95 bits per heavy atom. The predicted octanol–water partition coefficient (Wildman–Crippen LogP) is 2.34. The van der Waals surface area contributed by atoms with Gasteiger partial charge in [0.15, 0.2) is 0 Å². The summed E-state index contributed by atoms with van der Waals surface area (Å²) < 4.78 is 26.1. The van der Waals surface area contributed by atoms with E-state index in [1.807, 2.05) is 11.8 Å². The van der Waals surface area contributed by atoms with Crippen molar-refractivity contribution in [3.05, 3.63) is 29.8 Å². The number of nitrogens with one attached hydrogen (secondary N) is 1. The van der Waals surface area contributed by atoms with E-state index in [0.717, 1.165) is 43.1 Å². The van der Waals surface area contributed by atoms with Gasteiger partial charge in [0.05, 0.1) is 12.2 Å². The molecule has 3 nitrogen and oxygen atoms in total. The van der Waals surface area contributed by atoms with E-state index in [4.69, 9.17) is 0 Å². The Kier molecular flexibility index (Phi) is 5.15. The zero-order valence-corrected chi connectivity index (χ0v) is 11.3. The third kappa shape index (κ3) is 4.47. The predicted molar refractivity (Wildman–Crippen MR) is 73.4 cm³/mol. The number of hydrogen-bond donors (Lipinski definition) is 1. The minimum Gasteiger partial charge on any atom is -0.322 e. The first kappa shape index (κ1) is 14.3. The molecule has 1 fully saturated rings. The van der Waals surface area contributed by atoms with E-state index in [-0.39, 0.29) is 18.1 Å². The van der Waals surface area contributed by atoms with E-state index in [0.29, 0.717) is 0 Å². The standard InChI is InChI=1S/C13H16F2N2OS/c14-10-2-3-12(11(15)8-10)16-13(18)9-17-4-1-6-19-7-5-17/h2-3,8H,1,4-7,9H2,(H,16,18). The molecule has 1 saturated heterocycles. The van der Waals surface area contributed by atoms with Gasteiger partial charge in [0, 0.05) is 18.4 Å². The number of amides is 1. The fraction of sp³-hybridized carbons (Fsp3) is 0.462. The molecule has 104 valence electrons. The first-order valence-corrected chi connectivity index (χ1v) is 7.35. The summed E-state index contributed by atoms with van der Waals surface area (Å²) in [4.78, 5) is 13.9. The highest BCUT2D eigenvalue weighted by molar-refractivity contribution is 7.99. The summed E-state index contributed by atoms with van der Waals surface area (Å²) in [6, 6.07) is 3.13. The van der Waals surface area contributed by atoms with Gasteiger partial charge in [-0.2, -0.15) is 11.8 Å². The Hall–Kier alpha value is -1.14. The monoisotopic (exact) mass is 286 g/mol. The minimum atomic E-state index is -0.750. The maximum atomic E-state index is 13.4. The molecule has 1 N–H and O–H groups in total. The highest BCUT2D eigenvalue weighted by Gasteiger charge is 2.14. The number of benzene rings is 1. The summed E-state index contributed by atoms with van der Waals surface area (Å²) in [5.41, 5.74) is 0.0237. The minimum absolute atomic E-state index is 0.0237. The number of thioether (sulfide) groups is 1. The average Bonchev–Trinajstić information content (AvgIpc) is 2.61. The molecule has 6 heteroatoms. The first-order valence-electron chi connectivity index (χ1n) is 6.20. The van der Waals surface area contributed by atoms with Crippen molar-refractivity contribution in [1.82, 2.24) is 4.90 Å². The van der Waals surface area contributed by atoms with Crippen molar-refractivity contribution < 1.29 is 13.6 Å². The van der Waals surface area contributed by atoms with E-state index < -0.39 is 11.6 Å². The number of anilines is 1. The second-order valence-corrected chi connectivity index (χ2v) is 5.64. The molecule has 0 radical (unpaired) electrons. The zero-order chi connectivity index (χ0) is 13.7. The van der Waals surface area contributed by atoms with Crippen LogP contribution in [0.3, 0.4) is 0 Å². The smallest absolute Gasteiger partial charge is 0.238 e. The number of rotatable bonds is 3. The molecular weight excluding hydrogens is 270 g/mol. The van der Waals surface area contributed by atoms with Crippen LogP contribution in [0.25, 0.3) is 0 Å². The molecule has 0 saturated carbocycles. The van der Waals surface area contributed by atoms with Crippen molar-refractivity contribution in [2.45, 2.75) is 6.42 Å². The number of carbonyl (C=O) groups excluding carboxylic acids is 1. The fourth-order valence-electron chi connectivity index (χ4n) is 1.94. The fourth-order valence-corrected chi connectivity index (χ4v) is 2.86. The van der Waals surface area contributed by atoms with Crippen LogP contribution in [0.15, 0.2) is 18.2 Å². The largest absolute Gasteiger partial charge is 0.322 e. The lowest BCUT2D eigenvalue weighted by Gasteiger charge is -2.18. The van der Waals surface area contributed by atoms with Crippen LogP contribution in [0, 0.1) is 11.6 Å². The molecule has 1 aliphatic rings. The Morgan fingerprint density at radius 2 is 2.16 bits per heavy atom. The SMILES string of the molecule is O=C(CN1CCCSCC1)Nc1ccc(F)cc1F. The van der Waals surface area contributed by atoms with Crippen molar-refractivity contribution in [3.8, 4) is 0 Å². The van der Waals surface area contributed by atoms with Crippen LogP contribution in [-0.2, 0) is 4.79 Å². The van der Waals surface area contributed by atoms with Crippen LogP contribution >= 0.6 is 11.8 Å². The number of nitrogens with zero attached hydrogens (tertiary/aromatic N) is 1. The average molecular weight is 286 g/mol. The van der Waals surface area contributed by atoms with Crippen LogP contribution in [0.2, 0.25) is 0 Å². The summed E-state index contributed by atoms with van der Waals surface area (Å²) in [5.74, 6) is 0.459. The molecule has 0 bridgehead atoms. The third-order valence-corrected chi connectivity index (χ3v) is 3.94. The summed E-state index contributed by atoms with van der Waals surface area (Å²) in [6.07, 6.45) is 1.06. The maximum absolute atomic E-state index is 13.4. The van der Waals surface area contributed by atoms with E-state index in [9.17, 15) is 13.6 Å². The van der Waals surface area contributed by atoms with Gasteiger partial charge in [-0.15, -0.1) is 0 Å². The topological polar surface area (TPSA) is 32.3 Å². The van der Waals surface area contributed by atoms with Crippen molar-refractivity contribution in [2.75, 3.05) is 36.5 Å². The molecule has 1 aromatic carbocycles. The summed E-state index contributed by atoms with van der Waals surface area (Å²) >= 11 is 1.88. The van der Waals surface area contributed by atoms with Crippen LogP contribution in [0.1, 0.15) is 6.42 Å². The van der Waals surface area contributed by atoms with Gasteiger partial charge in [-0.25, -0.2) is 8.78 Å². The van der Waals surface area contributed by atoms with E-state index >= 15 is 0 Å². The van der Waals surface area contributed by atoms with Crippen molar-refractivity contribution >= 4 is 23.4 Å². The van der Waals surface area contributed by atoms with Gasteiger partial charge in [0.25, 0.3) is 0 Å². The number of carbonyl (C=O) groups is 1. The lowest BCUT2D eigenvalue weighted by Crippen LogP contribution is -2.34. The molecular formula is C13H16F2N2OS. The number of halogens is 2. The normalized spacial score (nSPS) is 16.9. The quantitative estimate of drug-likeness (QED) is 0.925. The van der Waals surface area contributed by atoms with Gasteiger partial charge in [-0.05, 0) is 30.9 Å². The van der Waals surface area contributed by atoms with Crippen molar-refractivity contribution in [2.24, 2.45) is 0 Å². The van der Waals surface area contributed by atoms with Crippen LogP contribution in [0.5, 0.6) is 0 Å². The zero-order valence-electron chi connectivity index (χ0n) is 10.5. The molecule has 0 aromatic heterocycles.